The number of anilines is 1. The van der Waals surface area contributed by atoms with Crippen molar-refractivity contribution in [2.75, 3.05) is 11.9 Å². The van der Waals surface area contributed by atoms with Gasteiger partial charge in [-0.2, -0.15) is 0 Å². The van der Waals surface area contributed by atoms with Crippen molar-refractivity contribution in [3.05, 3.63) is 46.9 Å². The summed E-state index contributed by atoms with van der Waals surface area (Å²) in [4.78, 5) is 23.3. The summed E-state index contributed by atoms with van der Waals surface area (Å²) in [6.07, 6.45) is 0.439. The number of rotatable bonds is 4. The molecule has 2 aromatic rings. The Kier molecular flexibility index (Phi) is 5.05. The lowest BCUT2D eigenvalue weighted by atomic mass is 10.1. The molecule has 1 aromatic heterocycles. The quantitative estimate of drug-likeness (QED) is 0.841. The van der Waals surface area contributed by atoms with E-state index in [-0.39, 0.29) is 6.54 Å². The van der Waals surface area contributed by atoms with E-state index in [1.807, 2.05) is 5.32 Å². The molecule has 1 aromatic carbocycles. The molecule has 2 rings (SSSR count). The number of hydrogen-bond acceptors (Lipinski definition) is 4. The van der Waals surface area contributed by atoms with Gasteiger partial charge < -0.3 is 15.2 Å². The van der Waals surface area contributed by atoms with Crippen molar-refractivity contribution in [1.82, 2.24) is 10.5 Å². The van der Waals surface area contributed by atoms with Gasteiger partial charge in [0.05, 0.1) is 11.4 Å². The van der Waals surface area contributed by atoms with E-state index in [0.29, 0.717) is 17.9 Å². The fourth-order valence-electron chi connectivity index (χ4n) is 2.02. The molecule has 0 bridgehead atoms. The summed E-state index contributed by atoms with van der Waals surface area (Å²) in [6.45, 7) is 3.70. The molecule has 0 aliphatic heterocycles. The molecule has 2 N–H and O–H groups in total. The third-order valence-electron chi connectivity index (χ3n) is 3.25. The Morgan fingerprint density at radius 3 is 2.61 bits per heavy atom. The summed E-state index contributed by atoms with van der Waals surface area (Å²) in [5, 5.41) is 8.19. The van der Waals surface area contributed by atoms with Crippen LogP contribution in [0.15, 0.2) is 22.7 Å². The van der Waals surface area contributed by atoms with Crippen LogP contribution in [0.4, 0.5) is 14.5 Å². The first-order valence-corrected chi connectivity index (χ1v) is 6.85. The molecule has 6 nitrogen and oxygen atoms in total. The molecule has 23 heavy (non-hydrogen) atoms. The van der Waals surface area contributed by atoms with Gasteiger partial charge in [-0.1, -0.05) is 11.2 Å². The number of nitrogens with zero attached hydrogens (tertiary/aromatic N) is 1. The maximum atomic E-state index is 13.4. The molecule has 0 fully saturated rings. The Labute approximate surface area is 130 Å². The molecule has 0 spiro atoms. The van der Waals surface area contributed by atoms with E-state index in [2.05, 4.69) is 10.5 Å². The minimum Gasteiger partial charge on any atom is -0.361 e. The highest BCUT2D eigenvalue weighted by molar-refractivity contribution is 6.39. The summed E-state index contributed by atoms with van der Waals surface area (Å²) in [5.74, 6) is -3.71. The van der Waals surface area contributed by atoms with Crippen molar-refractivity contribution in [3.8, 4) is 0 Å². The summed E-state index contributed by atoms with van der Waals surface area (Å²) in [6, 6.07) is 3.30. The highest BCUT2D eigenvalue weighted by Crippen LogP contribution is 2.16. The van der Waals surface area contributed by atoms with E-state index in [9.17, 15) is 18.4 Å². The molecular formula is C15H15F2N3O3. The molecular weight excluding hydrogens is 308 g/mol. The van der Waals surface area contributed by atoms with E-state index in [4.69, 9.17) is 4.52 Å². The Balaban J connectivity index is 1.88. The predicted octanol–water partition coefficient (Wildman–Crippen LogP) is 1.87. The minimum atomic E-state index is -1.22. The third kappa shape index (κ3) is 3.91. The molecule has 0 radical (unpaired) electrons. The van der Waals surface area contributed by atoms with Gasteiger partial charge in [0.15, 0.2) is 11.6 Å². The van der Waals surface area contributed by atoms with Crippen LogP contribution in [-0.2, 0) is 16.0 Å². The maximum absolute atomic E-state index is 13.4. The molecule has 0 aliphatic carbocycles. The Hall–Kier alpha value is -2.77. The molecule has 0 saturated heterocycles. The van der Waals surface area contributed by atoms with Crippen LogP contribution in [0, 0.1) is 25.5 Å². The zero-order chi connectivity index (χ0) is 17.0. The van der Waals surface area contributed by atoms with Crippen LogP contribution in [0.2, 0.25) is 0 Å². The number of aryl methyl sites for hydroxylation is 2. The van der Waals surface area contributed by atoms with Crippen molar-refractivity contribution in [1.29, 1.82) is 0 Å². The van der Waals surface area contributed by atoms with Gasteiger partial charge in [0.2, 0.25) is 0 Å². The van der Waals surface area contributed by atoms with Crippen LogP contribution >= 0.6 is 0 Å². The number of hydrogen-bond donors (Lipinski definition) is 2. The lowest BCUT2D eigenvalue weighted by Crippen LogP contribution is -2.36. The first kappa shape index (κ1) is 16.6. The van der Waals surface area contributed by atoms with Crippen LogP contribution < -0.4 is 10.6 Å². The van der Waals surface area contributed by atoms with Gasteiger partial charge in [-0.25, -0.2) is 8.78 Å². The molecule has 122 valence electrons. The van der Waals surface area contributed by atoms with Crippen molar-refractivity contribution in [2.24, 2.45) is 0 Å². The zero-order valence-electron chi connectivity index (χ0n) is 12.6. The number of aromatic nitrogens is 1. The normalized spacial score (nSPS) is 10.4. The zero-order valence-corrected chi connectivity index (χ0v) is 12.6. The molecule has 2 amide bonds. The van der Waals surface area contributed by atoms with Crippen molar-refractivity contribution < 1.29 is 22.9 Å². The largest absolute Gasteiger partial charge is 0.361 e. The second-order valence-electron chi connectivity index (χ2n) is 4.86. The highest BCUT2D eigenvalue weighted by atomic mass is 19.2. The van der Waals surface area contributed by atoms with Gasteiger partial charge in [-0.15, -0.1) is 0 Å². The summed E-state index contributed by atoms with van der Waals surface area (Å²) >= 11 is 0. The van der Waals surface area contributed by atoms with Crippen LogP contribution in [0.5, 0.6) is 0 Å². The predicted molar refractivity (Wildman–Crippen MR) is 77.7 cm³/mol. The lowest BCUT2D eigenvalue weighted by molar-refractivity contribution is -0.136. The molecule has 1 heterocycles. The number of amides is 2. The van der Waals surface area contributed by atoms with Gasteiger partial charge in [0.25, 0.3) is 0 Å². The summed E-state index contributed by atoms with van der Waals surface area (Å²) < 4.78 is 31.4. The monoisotopic (exact) mass is 323 g/mol. The molecule has 0 aliphatic rings. The fraction of sp³-hybridized carbons (Fsp3) is 0.267. The van der Waals surface area contributed by atoms with E-state index in [1.54, 1.807) is 13.8 Å². The Morgan fingerprint density at radius 1 is 1.22 bits per heavy atom. The van der Waals surface area contributed by atoms with E-state index in [1.165, 1.54) is 6.07 Å². The standard InChI is InChI=1S/C15H15F2N3O3/c1-8-10(9(2)23-20-8)6-7-18-14(21)15(22)19-12-5-3-4-11(16)13(12)17/h3-5H,6-7H2,1-2H3,(H,18,21)(H,19,22). The van der Waals surface area contributed by atoms with Gasteiger partial charge in [-0.05, 0) is 32.4 Å². The van der Waals surface area contributed by atoms with Crippen LogP contribution in [0.1, 0.15) is 17.0 Å². The summed E-state index contributed by atoms with van der Waals surface area (Å²) in [7, 11) is 0. The van der Waals surface area contributed by atoms with Crippen molar-refractivity contribution in [3.63, 3.8) is 0 Å². The van der Waals surface area contributed by atoms with E-state index in [0.717, 1.165) is 17.7 Å². The third-order valence-corrected chi connectivity index (χ3v) is 3.25. The van der Waals surface area contributed by atoms with E-state index >= 15 is 0 Å². The Morgan fingerprint density at radius 2 is 1.96 bits per heavy atom. The molecule has 0 atom stereocenters. The first-order valence-electron chi connectivity index (χ1n) is 6.85. The van der Waals surface area contributed by atoms with Gasteiger partial charge in [0.1, 0.15) is 5.76 Å². The molecule has 0 saturated carbocycles. The highest BCUT2D eigenvalue weighted by Gasteiger charge is 2.17. The van der Waals surface area contributed by atoms with Gasteiger partial charge >= 0.3 is 11.8 Å². The van der Waals surface area contributed by atoms with Crippen molar-refractivity contribution in [2.45, 2.75) is 20.3 Å². The molecule has 8 heteroatoms. The maximum Gasteiger partial charge on any atom is 0.313 e. The smallest absolute Gasteiger partial charge is 0.313 e. The van der Waals surface area contributed by atoms with Crippen molar-refractivity contribution >= 4 is 17.5 Å². The van der Waals surface area contributed by atoms with Crippen LogP contribution in [0.3, 0.4) is 0 Å². The van der Waals surface area contributed by atoms with Gasteiger partial charge in [0, 0.05) is 12.1 Å². The number of carbonyl (C=O) groups is 2. The number of benzene rings is 1. The van der Waals surface area contributed by atoms with E-state index < -0.39 is 29.1 Å². The minimum absolute atomic E-state index is 0.181. The number of halogens is 2. The first-order chi connectivity index (χ1) is 10.9. The topological polar surface area (TPSA) is 84.2 Å². The Bertz CT molecular complexity index is 724. The lowest BCUT2D eigenvalue weighted by Gasteiger charge is -2.07. The second-order valence-corrected chi connectivity index (χ2v) is 4.86. The van der Waals surface area contributed by atoms with Crippen LogP contribution in [0.25, 0.3) is 0 Å². The number of carbonyl (C=O) groups excluding carboxylic acids is 2. The average molecular weight is 323 g/mol. The second kappa shape index (κ2) is 6.99. The summed E-state index contributed by atoms with van der Waals surface area (Å²) in [5.41, 5.74) is 1.17. The molecule has 0 unspecified atom stereocenters. The fourth-order valence-corrected chi connectivity index (χ4v) is 2.02. The van der Waals surface area contributed by atoms with Gasteiger partial charge in [-0.3, -0.25) is 9.59 Å². The average Bonchev–Trinajstić information content (AvgIpc) is 2.83. The SMILES string of the molecule is Cc1noc(C)c1CCNC(=O)C(=O)Nc1cccc(F)c1F. The van der Waals surface area contributed by atoms with Crippen LogP contribution in [-0.4, -0.2) is 23.5 Å². The number of nitrogens with one attached hydrogen (secondary N) is 2.